The molecule has 2 aromatic rings. The van der Waals surface area contributed by atoms with E-state index in [9.17, 15) is 9.59 Å². The summed E-state index contributed by atoms with van der Waals surface area (Å²) in [5.41, 5.74) is 1.09. The number of halogens is 2. The lowest BCUT2D eigenvalue weighted by molar-refractivity contribution is -0.121. The summed E-state index contributed by atoms with van der Waals surface area (Å²) < 4.78 is 10.6. The average Bonchev–Trinajstić information content (AvgIpc) is 3.15. The highest BCUT2D eigenvalue weighted by molar-refractivity contribution is 6.36. The fourth-order valence-corrected chi connectivity index (χ4v) is 3.89. The molecule has 0 aliphatic carbocycles. The van der Waals surface area contributed by atoms with Crippen LogP contribution in [0, 0.1) is 5.92 Å². The summed E-state index contributed by atoms with van der Waals surface area (Å²) in [6.07, 6.45) is 1.18. The molecule has 0 bridgehead atoms. The summed E-state index contributed by atoms with van der Waals surface area (Å²) in [6.45, 7) is 1.19. The van der Waals surface area contributed by atoms with Gasteiger partial charge in [-0.05, 0) is 43.2 Å². The zero-order chi connectivity index (χ0) is 19.7. The van der Waals surface area contributed by atoms with Crippen molar-refractivity contribution in [2.75, 3.05) is 25.2 Å². The molecule has 1 N–H and O–H groups in total. The second-order valence-corrected chi connectivity index (χ2v) is 7.59. The van der Waals surface area contributed by atoms with Gasteiger partial charge >= 0.3 is 0 Å². The van der Waals surface area contributed by atoms with Crippen LogP contribution in [0.4, 0.5) is 5.69 Å². The number of carbonyl (C=O) groups excluding carboxylic acids is 2. The summed E-state index contributed by atoms with van der Waals surface area (Å²) in [7, 11) is 0. The molecule has 2 heterocycles. The fourth-order valence-electron chi connectivity index (χ4n) is 3.40. The minimum Gasteiger partial charge on any atom is -0.454 e. The molecule has 4 rings (SSSR count). The molecule has 2 aliphatic heterocycles. The smallest absolute Gasteiger partial charge is 0.255 e. The predicted molar refractivity (Wildman–Crippen MR) is 106 cm³/mol. The van der Waals surface area contributed by atoms with Crippen LogP contribution in [0.1, 0.15) is 23.2 Å². The molecule has 2 aliphatic rings. The number of fused-ring (bicyclic) bond motifs is 1. The number of likely N-dealkylation sites (tertiary alicyclic amines) is 1. The largest absolute Gasteiger partial charge is 0.454 e. The molecule has 6 nitrogen and oxygen atoms in total. The quantitative estimate of drug-likeness (QED) is 0.806. The summed E-state index contributed by atoms with van der Waals surface area (Å²) in [6, 6.07) is 10.1. The minimum absolute atomic E-state index is 0.0597. The van der Waals surface area contributed by atoms with Gasteiger partial charge in [0.15, 0.2) is 11.5 Å². The van der Waals surface area contributed by atoms with Crippen molar-refractivity contribution in [1.82, 2.24) is 4.90 Å². The van der Waals surface area contributed by atoms with Crippen LogP contribution in [0.15, 0.2) is 36.4 Å². The van der Waals surface area contributed by atoms with Crippen molar-refractivity contribution < 1.29 is 19.1 Å². The maximum absolute atomic E-state index is 12.7. The minimum atomic E-state index is -0.157. The lowest BCUT2D eigenvalue weighted by Gasteiger charge is -2.31. The summed E-state index contributed by atoms with van der Waals surface area (Å²) >= 11 is 12.0. The third-order valence-corrected chi connectivity index (χ3v) is 5.50. The summed E-state index contributed by atoms with van der Waals surface area (Å²) in [5.74, 6) is 0.936. The second kappa shape index (κ2) is 7.89. The Morgan fingerprint density at radius 1 is 1.00 bits per heavy atom. The van der Waals surface area contributed by atoms with Crippen LogP contribution < -0.4 is 14.8 Å². The first kappa shape index (κ1) is 18.9. The average molecular weight is 421 g/mol. The van der Waals surface area contributed by atoms with Crippen molar-refractivity contribution in [3.05, 3.63) is 52.0 Å². The number of nitrogens with one attached hydrogen (secondary N) is 1. The van der Waals surface area contributed by atoms with E-state index in [2.05, 4.69) is 5.32 Å². The van der Waals surface area contributed by atoms with E-state index in [0.29, 0.717) is 58.7 Å². The molecule has 0 unspecified atom stereocenters. The van der Waals surface area contributed by atoms with Gasteiger partial charge < -0.3 is 19.7 Å². The number of anilines is 1. The van der Waals surface area contributed by atoms with Crippen LogP contribution >= 0.6 is 23.2 Å². The van der Waals surface area contributed by atoms with E-state index in [1.807, 2.05) is 0 Å². The number of carbonyl (C=O) groups is 2. The van der Waals surface area contributed by atoms with Crippen LogP contribution in [0.2, 0.25) is 10.0 Å². The van der Waals surface area contributed by atoms with Gasteiger partial charge in [0, 0.05) is 35.8 Å². The Kier molecular flexibility index (Phi) is 5.33. The number of amides is 2. The van der Waals surface area contributed by atoms with E-state index in [1.165, 1.54) is 0 Å². The lowest BCUT2D eigenvalue weighted by atomic mass is 9.95. The van der Waals surface area contributed by atoms with Crippen LogP contribution in [0.3, 0.4) is 0 Å². The fraction of sp³-hybridized carbons (Fsp3) is 0.300. The molecule has 0 atom stereocenters. The third-order valence-electron chi connectivity index (χ3n) is 4.95. The van der Waals surface area contributed by atoms with Crippen LogP contribution in [-0.2, 0) is 4.79 Å². The van der Waals surface area contributed by atoms with E-state index in [0.717, 1.165) is 0 Å². The Morgan fingerprint density at radius 2 is 1.75 bits per heavy atom. The van der Waals surface area contributed by atoms with Gasteiger partial charge in [0.25, 0.3) is 5.91 Å². The SMILES string of the molecule is O=C(Nc1ccc2c(c1)OCO2)C1CCN(C(=O)c2ccc(Cl)cc2Cl)CC1. The molecule has 2 aromatic carbocycles. The van der Waals surface area contributed by atoms with Crippen molar-refractivity contribution in [1.29, 1.82) is 0 Å². The topological polar surface area (TPSA) is 67.9 Å². The van der Waals surface area contributed by atoms with Gasteiger partial charge in [-0.2, -0.15) is 0 Å². The molecule has 8 heteroatoms. The van der Waals surface area contributed by atoms with Crippen molar-refractivity contribution in [3.8, 4) is 11.5 Å². The first-order valence-electron chi connectivity index (χ1n) is 8.96. The number of benzene rings is 2. The summed E-state index contributed by atoms with van der Waals surface area (Å²) in [5, 5.41) is 3.74. The molecule has 2 amide bonds. The number of rotatable bonds is 3. The Balaban J connectivity index is 1.34. The Labute approximate surface area is 172 Å². The van der Waals surface area contributed by atoms with Crippen molar-refractivity contribution in [3.63, 3.8) is 0 Å². The normalized spacial score (nSPS) is 16.1. The predicted octanol–water partition coefficient (Wildman–Crippen LogP) is 4.21. The standard InChI is InChI=1S/C20H18Cl2N2O4/c21-13-1-3-15(16(22)9-13)20(26)24-7-5-12(6-8-24)19(25)23-14-2-4-17-18(10-14)28-11-27-17/h1-4,9-10,12H,5-8,11H2,(H,23,25). The van der Waals surface area contributed by atoms with E-state index >= 15 is 0 Å². The molecule has 1 fully saturated rings. The highest BCUT2D eigenvalue weighted by Crippen LogP contribution is 2.34. The van der Waals surface area contributed by atoms with Crippen molar-refractivity contribution in [2.45, 2.75) is 12.8 Å². The lowest BCUT2D eigenvalue weighted by Crippen LogP contribution is -2.41. The number of hydrogen-bond acceptors (Lipinski definition) is 4. The molecule has 0 aromatic heterocycles. The molecule has 0 saturated carbocycles. The highest BCUT2D eigenvalue weighted by atomic mass is 35.5. The molecule has 1 saturated heterocycles. The second-order valence-electron chi connectivity index (χ2n) is 6.75. The van der Waals surface area contributed by atoms with Crippen molar-refractivity contribution in [2.24, 2.45) is 5.92 Å². The zero-order valence-electron chi connectivity index (χ0n) is 14.9. The number of hydrogen-bond donors (Lipinski definition) is 1. The highest BCUT2D eigenvalue weighted by Gasteiger charge is 2.29. The first-order valence-corrected chi connectivity index (χ1v) is 9.72. The number of piperidine rings is 1. The zero-order valence-corrected chi connectivity index (χ0v) is 16.4. The summed E-state index contributed by atoms with van der Waals surface area (Å²) in [4.78, 5) is 27.0. The maximum atomic E-state index is 12.7. The van der Waals surface area contributed by atoms with E-state index < -0.39 is 0 Å². The van der Waals surface area contributed by atoms with Gasteiger partial charge in [0.1, 0.15) is 0 Å². The molecule has 0 radical (unpaired) electrons. The van der Waals surface area contributed by atoms with Gasteiger partial charge in [-0.15, -0.1) is 0 Å². The monoisotopic (exact) mass is 420 g/mol. The Bertz CT molecular complexity index is 926. The van der Waals surface area contributed by atoms with Gasteiger partial charge in [-0.3, -0.25) is 9.59 Å². The Hall–Kier alpha value is -2.44. The van der Waals surface area contributed by atoms with Gasteiger partial charge in [-0.25, -0.2) is 0 Å². The molecule has 0 spiro atoms. The van der Waals surface area contributed by atoms with Crippen LogP contribution in [0.5, 0.6) is 11.5 Å². The molecule has 146 valence electrons. The van der Waals surface area contributed by atoms with Gasteiger partial charge in [0.05, 0.1) is 10.6 Å². The number of ether oxygens (including phenoxy) is 2. The van der Waals surface area contributed by atoms with Crippen LogP contribution in [-0.4, -0.2) is 36.6 Å². The van der Waals surface area contributed by atoms with Gasteiger partial charge in [-0.1, -0.05) is 23.2 Å². The van der Waals surface area contributed by atoms with E-state index in [1.54, 1.807) is 41.3 Å². The van der Waals surface area contributed by atoms with Crippen LogP contribution in [0.25, 0.3) is 0 Å². The Morgan fingerprint density at radius 3 is 2.50 bits per heavy atom. The van der Waals surface area contributed by atoms with Crippen molar-refractivity contribution >= 4 is 40.7 Å². The first-order chi connectivity index (χ1) is 13.5. The third kappa shape index (κ3) is 3.88. The molecule has 28 heavy (non-hydrogen) atoms. The maximum Gasteiger partial charge on any atom is 0.255 e. The molecular weight excluding hydrogens is 403 g/mol. The number of nitrogens with zero attached hydrogens (tertiary/aromatic N) is 1. The van der Waals surface area contributed by atoms with E-state index in [-0.39, 0.29) is 24.5 Å². The van der Waals surface area contributed by atoms with E-state index in [4.69, 9.17) is 32.7 Å². The van der Waals surface area contributed by atoms with Gasteiger partial charge in [0.2, 0.25) is 12.7 Å². The molecular formula is C20H18Cl2N2O4.